The molecule has 21 heavy (non-hydrogen) atoms. The maximum atomic E-state index is 11.5. The van der Waals surface area contributed by atoms with Crippen LogP contribution in [0.1, 0.15) is 10.4 Å². The van der Waals surface area contributed by atoms with Crippen molar-refractivity contribution in [1.29, 1.82) is 0 Å². The van der Waals surface area contributed by atoms with Crippen LogP contribution in [0.2, 0.25) is 0 Å². The van der Waals surface area contributed by atoms with Crippen molar-refractivity contribution in [1.82, 2.24) is 0 Å². The van der Waals surface area contributed by atoms with Crippen molar-refractivity contribution >= 4 is 38.3 Å². The third kappa shape index (κ3) is 1.77. The number of carbonyl (C=O) groups is 1. The molecule has 1 N–H and O–H groups in total. The van der Waals surface area contributed by atoms with Crippen LogP contribution in [0.4, 0.5) is 0 Å². The predicted octanol–water partition coefficient (Wildman–Crippen LogP) is 4.84. The van der Waals surface area contributed by atoms with Gasteiger partial charge in [0.05, 0.1) is 5.56 Å². The van der Waals surface area contributed by atoms with Gasteiger partial charge in [-0.1, -0.05) is 48.5 Å². The second kappa shape index (κ2) is 4.32. The highest BCUT2D eigenvalue weighted by Gasteiger charge is 2.12. The smallest absolute Gasteiger partial charge is 0.336 e. The van der Waals surface area contributed by atoms with Crippen LogP contribution in [0.5, 0.6) is 0 Å². The molecule has 0 aromatic heterocycles. The number of fused-ring (bicyclic) bond motifs is 4. The first-order chi connectivity index (χ1) is 10.2. The topological polar surface area (TPSA) is 37.3 Å². The van der Waals surface area contributed by atoms with E-state index in [9.17, 15) is 9.90 Å². The second-order valence-electron chi connectivity index (χ2n) is 5.20. The lowest BCUT2D eigenvalue weighted by Gasteiger charge is -2.09. The van der Waals surface area contributed by atoms with Gasteiger partial charge in [0.25, 0.3) is 0 Å². The zero-order chi connectivity index (χ0) is 14.4. The van der Waals surface area contributed by atoms with E-state index >= 15 is 0 Å². The summed E-state index contributed by atoms with van der Waals surface area (Å²) in [6.45, 7) is 0. The predicted molar refractivity (Wildman–Crippen MR) is 85.9 cm³/mol. The van der Waals surface area contributed by atoms with Crippen LogP contribution >= 0.6 is 0 Å². The number of hydrogen-bond donors (Lipinski definition) is 1. The fraction of sp³-hybridized carbons (Fsp3) is 0. The van der Waals surface area contributed by atoms with E-state index < -0.39 is 5.97 Å². The van der Waals surface area contributed by atoms with E-state index in [-0.39, 0.29) is 0 Å². The molecule has 4 rings (SSSR count). The molecule has 0 amide bonds. The average Bonchev–Trinajstić information content (AvgIpc) is 2.52. The Kier molecular flexibility index (Phi) is 2.45. The molecule has 0 spiro atoms. The molecule has 100 valence electrons. The molecule has 4 aromatic carbocycles. The number of hydrogen-bond acceptors (Lipinski definition) is 1. The molecular weight excluding hydrogens is 260 g/mol. The number of aromatic carboxylic acids is 1. The average molecular weight is 272 g/mol. The zero-order valence-corrected chi connectivity index (χ0v) is 11.2. The van der Waals surface area contributed by atoms with Crippen LogP contribution in [-0.4, -0.2) is 11.1 Å². The summed E-state index contributed by atoms with van der Waals surface area (Å²) in [5, 5.41) is 15.6. The molecular formula is C19H12O2. The lowest BCUT2D eigenvalue weighted by atomic mass is 9.95. The van der Waals surface area contributed by atoms with Crippen LogP contribution in [0.15, 0.2) is 66.7 Å². The van der Waals surface area contributed by atoms with Gasteiger partial charge in [-0.2, -0.15) is 0 Å². The molecule has 0 bridgehead atoms. The summed E-state index contributed by atoms with van der Waals surface area (Å²) in [7, 11) is 0. The molecule has 0 aliphatic heterocycles. The standard InChI is InChI=1S/C19H12O2/c20-19(21)18-11-14-9-12-5-1-2-6-13(12)10-17(14)15-7-3-4-8-16(15)18/h1-11H,(H,20,21). The Hall–Kier alpha value is -2.87. The summed E-state index contributed by atoms with van der Waals surface area (Å²) in [4.78, 5) is 11.5. The van der Waals surface area contributed by atoms with Crippen LogP contribution < -0.4 is 0 Å². The first-order valence-electron chi connectivity index (χ1n) is 6.81. The molecule has 0 atom stereocenters. The third-order valence-electron chi connectivity index (χ3n) is 3.96. The molecule has 0 heterocycles. The fourth-order valence-electron chi connectivity index (χ4n) is 2.97. The SMILES string of the molecule is O=C(O)c1cc2cc3ccccc3cc2c2ccccc12. The van der Waals surface area contributed by atoms with Gasteiger partial charge in [0.2, 0.25) is 0 Å². The van der Waals surface area contributed by atoms with Gasteiger partial charge >= 0.3 is 5.97 Å². The van der Waals surface area contributed by atoms with E-state index in [1.807, 2.05) is 42.5 Å². The van der Waals surface area contributed by atoms with Crippen LogP contribution in [0.25, 0.3) is 32.3 Å². The lowest BCUT2D eigenvalue weighted by Crippen LogP contribution is -1.98. The largest absolute Gasteiger partial charge is 0.478 e. The Morgan fingerprint density at radius 2 is 1.29 bits per heavy atom. The monoisotopic (exact) mass is 272 g/mol. The van der Waals surface area contributed by atoms with Gasteiger partial charge in [-0.05, 0) is 50.5 Å². The van der Waals surface area contributed by atoms with Crippen molar-refractivity contribution < 1.29 is 9.90 Å². The molecule has 2 nitrogen and oxygen atoms in total. The van der Waals surface area contributed by atoms with Gasteiger partial charge in [0.15, 0.2) is 0 Å². The Morgan fingerprint density at radius 3 is 2.00 bits per heavy atom. The fourth-order valence-corrected chi connectivity index (χ4v) is 2.97. The lowest BCUT2D eigenvalue weighted by molar-refractivity contribution is 0.0699. The van der Waals surface area contributed by atoms with Gasteiger partial charge in [0.1, 0.15) is 0 Å². The van der Waals surface area contributed by atoms with Gasteiger partial charge in [-0.3, -0.25) is 0 Å². The minimum Gasteiger partial charge on any atom is -0.478 e. The highest BCUT2D eigenvalue weighted by atomic mass is 16.4. The van der Waals surface area contributed by atoms with E-state index in [4.69, 9.17) is 0 Å². The van der Waals surface area contributed by atoms with Crippen molar-refractivity contribution in [2.75, 3.05) is 0 Å². The van der Waals surface area contributed by atoms with E-state index in [0.29, 0.717) is 5.56 Å². The summed E-state index contributed by atoms with van der Waals surface area (Å²) < 4.78 is 0. The van der Waals surface area contributed by atoms with Crippen molar-refractivity contribution in [3.63, 3.8) is 0 Å². The van der Waals surface area contributed by atoms with Gasteiger partial charge in [0, 0.05) is 0 Å². The Bertz CT molecular complexity index is 1020. The van der Waals surface area contributed by atoms with Crippen molar-refractivity contribution in [2.45, 2.75) is 0 Å². The third-order valence-corrected chi connectivity index (χ3v) is 3.96. The van der Waals surface area contributed by atoms with E-state index in [0.717, 1.165) is 26.9 Å². The summed E-state index contributed by atoms with van der Waals surface area (Å²) in [5.74, 6) is -0.888. The Balaban J connectivity index is 2.26. The number of carboxylic acids is 1. The van der Waals surface area contributed by atoms with Gasteiger partial charge in [-0.25, -0.2) is 4.79 Å². The highest BCUT2D eigenvalue weighted by Crippen LogP contribution is 2.31. The van der Waals surface area contributed by atoms with E-state index in [1.54, 1.807) is 6.07 Å². The van der Waals surface area contributed by atoms with E-state index in [1.165, 1.54) is 5.39 Å². The number of rotatable bonds is 1. The molecule has 4 aromatic rings. The molecule has 0 unspecified atom stereocenters. The molecule has 2 heteroatoms. The van der Waals surface area contributed by atoms with Crippen molar-refractivity contribution in [3.8, 4) is 0 Å². The maximum Gasteiger partial charge on any atom is 0.336 e. The van der Waals surface area contributed by atoms with Gasteiger partial charge in [-0.15, -0.1) is 0 Å². The van der Waals surface area contributed by atoms with E-state index in [2.05, 4.69) is 18.2 Å². The molecule has 0 fully saturated rings. The Morgan fingerprint density at radius 1 is 0.667 bits per heavy atom. The molecule has 0 aliphatic rings. The van der Waals surface area contributed by atoms with Crippen molar-refractivity contribution in [2.24, 2.45) is 0 Å². The minimum atomic E-state index is -0.888. The van der Waals surface area contributed by atoms with Crippen LogP contribution in [0, 0.1) is 0 Å². The van der Waals surface area contributed by atoms with Crippen molar-refractivity contribution in [3.05, 3.63) is 72.3 Å². The molecule has 0 saturated carbocycles. The highest BCUT2D eigenvalue weighted by molar-refractivity contribution is 6.18. The first kappa shape index (κ1) is 11.9. The quantitative estimate of drug-likeness (QED) is 0.397. The molecule has 0 aliphatic carbocycles. The zero-order valence-electron chi connectivity index (χ0n) is 11.2. The molecule has 0 radical (unpaired) electrons. The van der Waals surface area contributed by atoms with Crippen LogP contribution in [-0.2, 0) is 0 Å². The maximum absolute atomic E-state index is 11.5. The second-order valence-corrected chi connectivity index (χ2v) is 5.20. The summed E-state index contributed by atoms with van der Waals surface area (Å²) in [5.41, 5.74) is 0.355. The number of benzene rings is 4. The van der Waals surface area contributed by atoms with Gasteiger partial charge < -0.3 is 5.11 Å². The normalized spacial score (nSPS) is 11.2. The summed E-state index contributed by atoms with van der Waals surface area (Å²) >= 11 is 0. The summed E-state index contributed by atoms with van der Waals surface area (Å²) in [6, 6.07) is 21.8. The van der Waals surface area contributed by atoms with Crippen LogP contribution in [0.3, 0.4) is 0 Å². The molecule has 0 saturated heterocycles. The number of carboxylic acid groups (broad SMARTS) is 1. The minimum absolute atomic E-state index is 0.355. The first-order valence-corrected chi connectivity index (χ1v) is 6.81. The Labute approximate surface area is 121 Å². The summed E-state index contributed by atoms with van der Waals surface area (Å²) in [6.07, 6.45) is 0.